The summed E-state index contributed by atoms with van der Waals surface area (Å²) in [5.41, 5.74) is 4.07. The maximum absolute atomic E-state index is 12.8. The van der Waals surface area contributed by atoms with E-state index in [1.807, 2.05) is 50.2 Å². The Morgan fingerprint density at radius 2 is 2.04 bits per heavy atom. The maximum Gasteiger partial charge on any atom is 0.291 e. The molecule has 0 saturated heterocycles. The van der Waals surface area contributed by atoms with E-state index in [0.29, 0.717) is 24.4 Å². The van der Waals surface area contributed by atoms with Crippen molar-refractivity contribution >= 4 is 34.2 Å². The fourth-order valence-corrected chi connectivity index (χ4v) is 3.67. The van der Waals surface area contributed by atoms with Crippen molar-refractivity contribution in [3.05, 3.63) is 53.3 Å². The number of aryl methyl sites for hydroxylation is 1. The molecule has 0 aliphatic carbocycles. The van der Waals surface area contributed by atoms with Crippen LogP contribution in [0.3, 0.4) is 0 Å². The van der Waals surface area contributed by atoms with Crippen LogP contribution < -0.4 is 15.0 Å². The van der Waals surface area contributed by atoms with Crippen molar-refractivity contribution < 1.29 is 18.7 Å². The SMILES string of the molecule is CCOc1ccc2oc(C(=O)Nc3ccc4c(c3)CCN4C(C)=O)c(C)c2c1. The molecule has 1 N–H and O–H groups in total. The highest BCUT2D eigenvalue weighted by Gasteiger charge is 2.23. The van der Waals surface area contributed by atoms with Gasteiger partial charge in [0, 0.05) is 35.8 Å². The van der Waals surface area contributed by atoms with Crippen molar-refractivity contribution in [1.29, 1.82) is 0 Å². The topological polar surface area (TPSA) is 71.8 Å². The lowest BCUT2D eigenvalue weighted by molar-refractivity contribution is -0.116. The molecule has 3 aromatic rings. The third kappa shape index (κ3) is 3.11. The first-order valence-corrected chi connectivity index (χ1v) is 9.36. The summed E-state index contributed by atoms with van der Waals surface area (Å²) < 4.78 is 11.3. The second kappa shape index (κ2) is 7.03. The van der Waals surface area contributed by atoms with Gasteiger partial charge in [-0.05, 0) is 62.2 Å². The van der Waals surface area contributed by atoms with E-state index >= 15 is 0 Å². The second-order valence-electron chi connectivity index (χ2n) is 6.87. The van der Waals surface area contributed by atoms with Gasteiger partial charge in [-0.25, -0.2) is 0 Å². The van der Waals surface area contributed by atoms with Gasteiger partial charge in [0.1, 0.15) is 11.3 Å². The molecule has 6 heteroatoms. The van der Waals surface area contributed by atoms with Gasteiger partial charge in [-0.3, -0.25) is 9.59 Å². The standard InChI is InChI=1S/C22H22N2O4/c1-4-27-17-6-8-20-18(12-17)13(2)21(28-20)22(26)23-16-5-7-19-15(11-16)9-10-24(19)14(3)25/h5-8,11-12H,4,9-10H2,1-3H3,(H,23,26). The number of hydrogen-bond donors (Lipinski definition) is 1. The number of furan rings is 1. The van der Waals surface area contributed by atoms with Gasteiger partial charge in [0.15, 0.2) is 5.76 Å². The summed E-state index contributed by atoms with van der Waals surface area (Å²) in [7, 11) is 0. The number of nitrogens with zero attached hydrogens (tertiary/aromatic N) is 1. The molecule has 6 nitrogen and oxygen atoms in total. The van der Waals surface area contributed by atoms with Crippen LogP contribution in [0.1, 0.15) is 35.5 Å². The summed E-state index contributed by atoms with van der Waals surface area (Å²) in [5, 5.41) is 3.77. The van der Waals surface area contributed by atoms with Crippen molar-refractivity contribution in [2.45, 2.75) is 27.2 Å². The van der Waals surface area contributed by atoms with Crippen molar-refractivity contribution in [2.75, 3.05) is 23.4 Å². The number of nitrogens with one attached hydrogen (secondary N) is 1. The molecule has 28 heavy (non-hydrogen) atoms. The van der Waals surface area contributed by atoms with Crippen LogP contribution in [0.4, 0.5) is 11.4 Å². The highest BCUT2D eigenvalue weighted by atomic mass is 16.5. The molecule has 2 amide bonds. The zero-order valence-electron chi connectivity index (χ0n) is 16.2. The number of ether oxygens (including phenoxy) is 1. The Balaban J connectivity index is 1.59. The Morgan fingerprint density at radius 3 is 2.79 bits per heavy atom. The molecule has 1 aliphatic heterocycles. The van der Waals surface area contributed by atoms with E-state index in [4.69, 9.17) is 9.15 Å². The van der Waals surface area contributed by atoms with E-state index in [-0.39, 0.29) is 17.6 Å². The van der Waals surface area contributed by atoms with E-state index in [2.05, 4.69) is 5.32 Å². The largest absolute Gasteiger partial charge is 0.494 e. The van der Waals surface area contributed by atoms with Gasteiger partial charge in [0.05, 0.1) is 6.61 Å². The first-order valence-electron chi connectivity index (χ1n) is 9.36. The first kappa shape index (κ1) is 18.1. The zero-order valence-corrected chi connectivity index (χ0v) is 16.2. The smallest absolute Gasteiger partial charge is 0.291 e. The van der Waals surface area contributed by atoms with E-state index in [0.717, 1.165) is 34.4 Å². The molecular formula is C22H22N2O4. The summed E-state index contributed by atoms with van der Waals surface area (Å²) in [4.78, 5) is 26.2. The molecule has 0 radical (unpaired) electrons. The Labute approximate surface area is 163 Å². The Kier molecular flexibility index (Phi) is 4.55. The molecule has 0 saturated carbocycles. The average molecular weight is 378 g/mol. The number of carbonyl (C=O) groups excluding carboxylic acids is 2. The van der Waals surface area contributed by atoms with Crippen molar-refractivity contribution in [3.63, 3.8) is 0 Å². The number of hydrogen-bond acceptors (Lipinski definition) is 4. The van der Waals surface area contributed by atoms with Gasteiger partial charge in [0.25, 0.3) is 5.91 Å². The van der Waals surface area contributed by atoms with Crippen LogP contribution in [0.15, 0.2) is 40.8 Å². The normalized spacial score (nSPS) is 12.9. The van der Waals surface area contributed by atoms with Gasteiger partial charge in [-0.2, -0.15) is 0 Å². The monoisotopic (exact) mass is 378 g/mol. The summed E-state index contributed by atoms with van der Waals surface area (Å²) in [5.74, 6) is 0.766. The van der Waals surface area contributed by atoms with Gasteiger partial charge < -0.3 is 19.4 Å². The van der Waals surface area contributed by atoms with Crippen LogP contribution >= 0.6 is 0 Å². The Bertz CT molecular complexity index is 1080. The van der Waals surface area contributed by atoms with Gasteiger partial charge in [-0.15, -0.1) is 0 Å². The fourth-order valence-electron chi connectivity index (χ4n) is 3.67. The molecule has 1 aliphatic rings. The lowest BCUT2D eigenvalue weighted by atomic mass is 10.1. The molecule has 1 aromatic heterocycles. The molecule has 0 unspecified atom stereocenters. The first-order chi connectivity index (χ1) is 13.5. The average Bonchev–Trinajstić information content (AvgIpc) is 3.23. The minimum atomic E-state index is -0.298. The van der Waals surface area contributed by atoms with Crippen molar-refractivity contribution in [3.8, 4) is 5.75 Å². The summed E-state index contributed by atoms with van der Waals surface area (Å²) >= 11 is 0. The van der Waals surface area contributed by atoms with Gasteiger partial charge >= 0.3 is 0 Å². The summed E-state index contributed by atoms with van der Waals surface area (Å²) in [6.07, 6.45) is 0.780. The molecule has 0 fully saturated rings. The summed E-state index contributed by atoms with van der Waals surface area (Å²) in [6, 6.07) is 11.1. The Morgan fingerprint density at radius 1 is 1.21 bits per heavy atom. The quantitative estimate of drug-likeness (QED) is 0.735. The number of amides is 2. The number of carbonyl (C=O) groups is 2. The fraction of sp³-hybridized carbons (Fsp3) is 0.273. The van der Waals surface area contributed by atoms with E-state index in [9.17, 15) is 9.59 Å². The summed E-state index contributed by atoms with van der Waals surface area (Å²) in [6.45, 7) is 6.61. The van der Waals surface area contributed by atoms with Crippen molar-refractivity contribution in [2.24, 2.45) is 0 Å². The van der Waals surface area contributed by atoms with Crippen LogP contribution in [0.5, 0.6) is 5.75 Å². The molecule has 4 rings (SSSR count). The second-order valence-corrected chi connectivity index (χ2v) is 6.87. The van der Waals surface area contributed by atoms with Gasteiger partial charge in [-0.1, -0.05) is 0 Å². The number of benzene rings is 2. The van der Waals surface area contributed by atoms with Gasteiger partial charge in [0.2, 0.25) is 5.91 Å². The third-order valence-corrected chi connectivity index (χ3v) is 5.04. The molecule has 0 atom stereocenters. The van der Waals surface area contributed by atoms with Crippen LogP contribution in [0.2, 0.25) is 0 Å². The minimum absolute atomic E-state index is 0.0276. The predicted molar refractivity (Wildman–Crippen MR) is 108 cm³/mol. The zero-order chi connectivity index (χ0) is 19.8. The van der Waals surface area contributed by atoms with E-state index in [1.165, 1.54) is 0 Å². The minimum Gasteiger partial charge on any atom is -0.494 e. The van der Waals surface area contributed by atoms with Crippen LogP contribution in [-0.2, 0) is 11.2 Å². The molecule has 144 valence electrons. The molecule has 2 aromatic carbocycles. The highest BCUT2D eigenvalue weighted by molar-refractivity contribution is 6.07. The van der Waals surface area contributed by atoms with Crippen LogP contribution in [0, 0.1) is 6.92 Å². The number of rotatable bonds is 4. The molecule has 0 spiro atoms. The lowest BCUT2D eigenvalue weighted by Crippen LogP contribution is -2.25. The van der Waals surface area contributed by atoms with Crippen LogP contribution in [-0.4, -0.2) is 25.0 Å². The lowest BCUT2D eigenvalue weighted by Gasteiger charge is -2.15. The van der Waals surface area contributed by atoms with E-state index < -0.39 is 0 Å². The molecule has 0 bridgehead atoms. The van der Waals surface area contributed by atoms with Crippen molar-refractivity contribution in [1.82, 2.24) is 0 Å². The maximum atomic E-state index is 12.8. The number of fused-ring (bicyclic) bond motifs is 2. The Hall–Kier alpha value is -3.28. The third-order valence-electron chi connectivity index (χ3n) is 5.04. The molecular weight excluding hydrogens is 356 g/mol. The van der Waals surface area contributed by atoms with Crippen LogP contribution in [0.25, 0.3) is 11.0 Å². The predicted octanol–water partition coefficient (Wildman–Crippen LogP) is 4.30. The number of anilines is 2. The van der Waals surface area contributed by atoms with E-state index in [1.54, 1.807) is 11.8 Å². The molecule has 2 heterocycles. The highest BCUT2D eigenvalue weighted by Crippen LogP contribution is 2.32.